The zero-order chi connectivity index (χ0) is 15.2. The van der Waals surface area contributed by atoms with Gasteiger partial charge in [-0.3, -0.25) is 9.59 Å². The number of anilines is 1. The number of ether oxygens (including phenoxy) is 2. The fourth-order valence-electron chi connectivity index (χ4n) is 1.85. The summed E-state index contributed by atoms with van der Waals surface area (Å²) in [7, 11) is 0. The van der Waals surface area contributed by atoms with Crippen LogP contribution < -0.4 is 5.73 Å². The third kappa shape index (κ3) is 3.73. The maximum atomic E-state index is 12.1. The Morgan fingerprint density at radius 2 is 1.50 bits per heavy atom. The molecule has 0 aliphatic rings. The summed E-state index contributed by atoms with van der Waals surface area (Å²) in [6.45, 7) is 5.38. The number of hydrogen-bond acceptors (Lipinski definition) is 5. The molecule has 0 spiro atoms. The SMILES string of the molecule is CCOC(=O)C(C)(Cc1ccc(N)cc1)C(=O)OCC. The molecule has 0 unspecified atom stereocenters. The molecule has 0 aliphatic carbocycles. The molecular weight excluding hydrogens is 258 g/mol. The van der Waals surface area contributed by atoms with Crippen molar-refractivity contribution >= 4 is 17.6 Å². The van der Waals surface area contributed by atoms with Gasteiger partial charge in [-0.05, 0) is 44.9 Å². The van der Waals surface area contributed by atoms with Gasteiger partial charge in [0, 0.05) is 5.69 Å². The molecule has 20 heavy (non-hydrogen) atoms. The summed E-state index contributed by atoms with van der Waals surface area (Å²) >= 11 is 0. The van der Waals surface area contributed by atoms with Gasteiger partial charge in [0.05, 0.1) is 13.2 Å². The van der Waals surface area contributed by atoms with E-state index < -0.39 is 17.4 Å². The molecule has 1 aromatic rings. The Bertz CT molecular complexity index is 449. The smallest absolute Gasteiger partial charge is 0.323 e. The molecule has 110 valence electrons. The molecule has 5 heteroatoms. The Balaban J connectivity index is 3.00. The predicted octanol–water partition coefficient (Wildman–Crippen LogP) is 1.94. The van der Waals surface area contributed by atoms with E-state index in [0.717, 1.165) is 5.56 Å². The summed E-state index contributed by atoms with van der Waals surface area (Å²) in [5.41, 5.74) is 5.73. The molecule has 0 fully saturated rings. The van der Waals surface area contributed by atoms with Crippen molar-refractivity contribution in [2.24, 2.45) is 5.41 Å². The van der Waals surface area contributed by atoms with Crippen molar-refractivity contribution in [3.8, 4) is 0 Å². The van der Waals surface area contributed by atoms with Crippen molar-refractivity contribution in [1.29, 1.82) is 0 Å². The number of nitrogens with two attached hydrogens (primary N) is 1. The van der Waals surface area contributed by atoms with Gasteiger partial charge >= 0.3 is 11.9 Å². The lowest BCUT2D eigenvalue weighted by atomic mass is 9.83. The molecule has 0 amide bonds. The minimum absolute atomic E-state index is 0.213. The van der Waals surface area contributed by atoms with Gasteiger partial charge in [0.25, 0.3) is 0 Å². The van der Waals surface area contributed by atoms with Gasteiger partial charge in [-0.1, -0.05) is 12.1 Å². The maximum absolute atomic E-state index is 12.1. The second-order valence-electron chi connectivity index (χ2n) is 4.69. The number of carbonyl (C=O) groups excluding carboxylic acids is 2. The van der Waals surface area contributed by atoms with E-state index in [2.05, 4.69) is 0 Å². The van der Waals surface area contributed by atoms with Gasteiger partial charge in [-0.15, -0.1) is 0 Å². The largest absolute Gasteiger partial charge is 0.465 e. The van der Waals surface area contributed by atoms with Crippen molar-refractivity contribution in [1.82, 2.24) is 0 Å². The van der Waals surface area contributed by atoms with Crippen LogP contribution in [0.2, 0.25) is 0 Å². The quantitative estimate of drug-likeness (QED) is 0.489. The predicted molar refractivity (Wildman–Crippen MR) is 75.9 cm³/mol. The molecular formula is C15H21NO4. The number of hydrogen-bond donors (Lipinski definition) is 1. The Labute approximate surface area is 119 Å². The number of rotatable bonds is 6. The maximum Gasteiger partial charge on any atom is 0.323 e. The summed E-state index contributed by atoms with van der Waals surface area (Å²) < 4.78 is 10.0. The van der Waals surface area contributed by atoms with Crippen molar-refractivity contribution < 1.29 is 19.1 Å². The zero-order valence-corrected chi connectivity index (χ0v) is 12.1. The number of esters is 2. The van der Waals surface area contributed by atoms with E-state index in [1.807, 2.05) is 0 Å². The van der Waals surface area contributed by atoms with Crippen LogP contribution in [-0.4, -0.2) is 25.2 Å². The third-order valence-corrected chi connectivity index (χ3v) is 2.99. The van der Waals surface area contributed by atoms with Crippen LogP contribution >= 0.6 is 0 Å². The molecule has 1 rings (SSSR count). The molecule has 5 nitrogen and oxygen atoms in total. The molecule has 0 radical (unpaired) electrons. The highest BCUT2D eigenvalue weighted by Gasteiger charge is 2.44. The van der Waals surface area contributed by atoms with E-state index >= 15 is 0 Å². The number of carbonyl (C=O) groups is 2. The van der Waals surface area contributed by atoms with Gasteiger partial charge in [0.15, 0.2) is 5.41 Å². The second kappa shape index (κ2) is 6.93. The minimum Gasteiger partial charge on any atom is -0.465 e. The molecule has 0 saturated carbocycles. The first-order valence-electron chi connectivity index (χ1n) is 6.63. The van der Waals surface area contributed by atoms with E-state index in [-0.39, 0.29) is 19.6 Å². The first kappa shape index (κ1) is 16.0. The van der Waals surface area contributed by atoms with Crippen LogP contribution in [0.5, 0.6) is 0 Å². The monoisotopic (exact) mass is 279 g/mol. The van der Waals surface area contributed by atoms with E-state index in [1.54, 1.807) is 45.0 Å². The summed E-state index contributed by atoms with van der Waals surface area (Å²) in [5, 5.41) is 0. The van der Waals surface area contributed by atoms with Crippen molar-refractivity contribution in [2.75, 3.05) is 18.9 Å². The zero-order valence-electron chi connectivity index (χ0n) is 12.1. The fraction of sp³-hybridized carbons (Fsp3) is 0.467. The summed E-state index contributed by atoms with van der Waals surface area (Å²) in [6.07, 6.45) is 0.213. The van der Waals surface area contributed by atoms with E-state index in [1.165, 1.54) is 0 Å². The van der Waals surface area contributed by atoms with E-state index in [4.69, 9.17) is 15.2 Å². The Morgan fingerprint density at radius 3 is 1.90 bits per heavy atom. The van der Waals surface area contributed by atoms with Crippen molar-refractivity contribution in [3.63, 3.8) is 0 Å². The lowest BCUT2D eigenvalue weighted by Crippen LogP contribution is -2.41. The summed E-state index contributed by atoms with van der Waals surface area (Å²) in [4.78, 5) is 24.2. The van der Waals surface area contributed by atoms with E-state index in [0.29, 0.717) is 5.69 Å². The van der Waals surface area contributed by atoms with Crippen LogP contribution in [0.4, 0.5) is 5.69 Å². The molecule has 0 aromatic heterocycles. The van der Waals surface area contributed by atoms with Gasteiger partial charge in [0.1, 0.15) is 0 Å². The highest BCUT2D eigenvalue weighted by atomic mass is 16.6. The van der Waals surface area contributed by atoms with Crippen molar-refractivity contribution in [3.05, 3.63) is 29.8 Å². The van der Waals surface area contributed by atoms with Gasteiger partial charge in [-0.25, -0.2) is 0 Å². The highest BCUT2D eigenvalue weighted by Crippen LogP contribution is 2.27. The molecule has 0 aliphatic heterocycles. The average molecular weight is 279 g/mol. The van der Waals surface area contributed by atoms with Crippen LogP contribution in [0.1, 0.15) is 26.3 Å². The molecule has 0 saturated heterocycles. The average Bonchev–Trinajstić information content (AvgIpc) is 2.41. The standard InChI is InChI=1S/C15H21NO4/c1-4-19-13(17)15(3,14(18)20-5-2)10-11-6-8-12(16)9-7-11/h6-9H,4-5,10,16H2,1-3H3. The van der Waals surface area contributed by atoms with Gasteiger partial charge in [0.2, 0.25) is 0 Å². The third-order valence-electron chi connectivity index (χ3n) is 2.99. The topological polar surface area (TPSA) is 78.6 Å². The Kier molecular flexibility index (Phi) is 5.55. The summed E-state index contributed by atoms with van der Waals surface area (Å²) in [5.74, 6) is -1.15. The highest BCUT2D eigenvalue weighted by molar-refractivity contribution is 5.99. The Hall–Kier alpha value is -2.04. The van der Waals surface area contributed by atoms with Gasteiger partial charge < -0.3 is 15.2 Å². The summed E-state index contributed by atoms with van der Waals surface area (Å²) in [6, 6.07) is 7.02. The normalized spacial score (nSPS) is 10.9. The Morgan fingerprint density at radius 1 is 1.05 bits per heavy atom. The number of nitrogen functional groups attached to an aromatic ring is 1. The van der Waals surface area contributed by atoms with Crippen LogP contribution in [-0.2, 0) is 25.5 Å². The fourth-order valence-corrected chi connectivity index (χ4v) is 1.85. The minimum atomic E-state index is -1.35. The lowest BCUT2D eigenvalue weighted by molar-refractivity contribution is -0.170. The second-order valence-corrected chi connectivity index (χ2v) is 4.69. The van der Waals surface area contributed by atoms with Crippen LogP contribution in [0, 0.1) is 5.41 Å². The van der Waals surface area contributed by atoms with E-state index in [9.17, 15) is 9.59 Å². The molecule has 0 bridgehead atoms. The lowest BCUT2D eigenvalue weighted by Gasteiger charge is -2.25. The first-order chi connectivity index (χ1) is 9.43. The molecule has 1 aromatic carbocycles. The van der Waals surface area contributed by atoms with Crippen LogP contribution in [0.15, 0.2) is 24.3 Å². The van der Waals surface area contributed by atoms with Crippen molar-refractivity contribution in [2.45, 2.75) is 27.2 Å². The molecule has 0 atom stereocenters. The molecule has 2 N–H and O–H groups in total. The first-order valence-corrected chi connectivity index (χ1v) is 6.63. The van der Waals surface area contributed by atoms with Gasteiger partial charge in [-0.2, -0.15) is 0 Å². The van der Waals surface area contributed by atoms with Crippen LogP contribution in [0.25, 0.3) is 0 Å². The van der Waals surface area contributed by atoms with Crippen LogP contribution in [0.3, 0.4) is 0 Å². The number of benzene rings is 1. The molecule has 0 heterocycles.